The molecule has 0 aromatic rings. The Labute approximate surface area is 226 Å². The predicted molar refractivity (Wildman–Crippen MR) is 146 cm³/mol. The highest BCUT2D eigenvalue weighted by atomic mass is 16.6. The van der Waals surface area contributed by atoms with E-state index in [4.69, 9.17) is 14.2 Å². The van der Waals surface area contributed by atoms with Gasteiger partial charge in [-0.25, -0.2) is 4.79 Å². The smallest absolute Gasteiger partial charge is 0.362 e. The maximum absolute atomic E-state index is 12.4. The summed E-state index contributed by atoms with van der Waals surface area (Å²) in [4.78, 5) is 35.7. The Morgan fingerprint density at radius 1 is 0.703 bits per heavy atom. The Morgan fingerprint density at radius 3 is 1.73 bits per heavy atom. The molecular formula is C29H56NO7+. The molecule has 0 amide bonds. The van der Waals surface area contributed by atoms with Crippen LogP contribution in [-0.4, -0.2) is 80.6 Å². The first kappa shape index (κ1) is 35.3. The van der Waals surface area contributed by atoms with Gasteiger partial charge in [-0.05, 0) is 12.8 Å². The first-order valence-corrected chi connectivity index (χ1v) is 14.6. The third kappa shape index (κ3) is 21.0. The van der Waals surface area contributed by atoms with Gasteiger partial charge < -0.3 is 23.8 Å². The fraction of sp³-hybridized carbons (Fsp3) is 0.897. The molecule has 0 heterocycles. The van der Waals surface area contributed by atoms with Crippen molar-refractivity contribution < 1.29 is 38.2 Å². The molecule has 1 N–H and O–H groups in total. The molecule has 0 aliphatic carbocycles. The van der Waals surface area contributed by atoms with Crippen LogP contribution in [0, 0.1) is 0 Å². The van der Waals surface area contributed by atoms with Gasteiger partial charge in [0.15, 0.2) is 12.1 Å². The summed E-state index contributed by atoms with van der Waals surface area (Å²) in [5, 5.41) is 9.44. The molecule has 0 aromatic heterocycles. The van der Waals surface area contributed by atoms with Crippen molar-refractivity contribution in [3.8, 4) is 0 Å². The van der Waals surface area contributed by atoms with Crippen LogP contribution in [0.15, 0.2) is 0 Å². The number of esters is 2. The molecule has 8 nitrogen and oxygen atoms in total. The normalized spacial score (nSPS) is 13.2. The van der Waals surface area contributed by atoms with Gasteiger partial charge in [0.2, 0.25) is 0 Å². The minimum Gasteiger partial charge on any atom is -0.477 e. The van der Waals surface area contributed by atoms with Gasteiger partial charge in [-0.2, -0.15) is 0 Å². The van der Waals surface area contributed by atoms with E-state index in [0.717, 1.165) is 19.3 Å². The SMILES string of the molecule is CCCCCCCCCCCCCCC(=O)OC(COCCC(C(=O)O)[N+](C)(C)C)COC(=O)CCC. The van der Waals surface area contributed by atoms with E-state index in [1.165, 1.54) is 57.8 Å². The number of likely N-dealkylation sites (N-methyl/N-ethyl adjacent to an activating group) is 1. The van der Waals surface area contributed by atoms with Crippen LogP contribution in [-0.2, 0) is 28.6 Å². The Kier molecular flexibility index (Phi) is 21.3. The number of rotatable bonds is 25. The van der Waals surface area contributed by atoms with Gasteiger partial charge in [-0.1, -0.05) is 84.5 Å². The summed E-state index contributed by atoms with van der Waals surface area (Å²) in [7, 11) is 5.48. The number of carboxylic acid groups (broad SMARTS) is 1. The van der Waals surface area contributed by atoms with Crippen molar-refractivity contribution in [2.75, 3.05) is 41.0 Å². The van der Waals surface area contributed by atoms with Gasteiger partial charge in [-0.15, -0.1) is 0 Å². The number of carboxylic acids is 1. The van der Waals surface area contributed by atoms with Crippen molar-refractivity contribution >= 4 is 17.9 Å². The first-order chi connectivity index (χ1) is 17.6. The summed E-state index contributed by atoms with van der Waals surface area (Å²) in [6.07, 6.45) is 15.7. The van der Waals surface area contributed by atoms with Gasteiger partial charge >= 0.3 is 17.9 Å². The lowest BCUT2D eigenvalue weighted by Crippen LogP contribution is -2.50. The van der Waals surface area contributed by atoms with Crippen molar-refractivity contribution in [2.45, 2.75) is 129 Å². The zero-order chi connectivity index (χ0) is 27.9. The van der Waals surface area contributed by atoms with E-state index in [0.29, 0.717) is 25.7 Å². The summed E-state index contributed by atoms with van der Waals surface area (Å²) in [5.41, 5.74) is 0. The van der Waals surface area contributed by atoms with E-state index in [1.54, 1.807) is 0 Å². The van der Waals surface area contributed by atoms with Crippen LogP contribution in [0.4, 0.5) is 0 Å². The Morgan fingerprint density at radius 2 is 1.24 bits per heavy atom. The van der Waals surface area contributed by atoms with Crippen molar-refractivity contribution in [1.82, 2.24) is 0 Å². The molecule has 0 aromatic carbocycles. The summed E-state index contributed by atoms with van der Waals surface area (Å²) >= 11 is 0. The first-order valence-electron chi connectivity index (χ1n) is 14.6. The van der Waals surface area contributed by atoms with Gasteiger partial charge in [-0.3, -0.25) is 9.59 Å². The molecule has 0 spiro atoms. The number of ether oxygens (including phenoxy) is 3. The molecule has 8 heteroatoms. The quantitative estimate of drug-likeness (QED) is 0.0891. The van der Waals surface area contributed by atoms with Crippen LogP contribution < -0.4 is 0 Å². The fourth-order valence-electron chi connectivity index (χ4n) is 4.19. The molecule has 218 valence electrons. The van der Waals surface area contributed by atoms with Crippen molar-refractivity contribution in [2.24, 2.45) is 0 Å². The number of quaternary nitrogens is 1. The standard InChI is InChI=1S/C29H55NO7/c1-6-8-9-10-11-12-13-14-15-16-17-18-20-28(32)37-25(24-36-27(31)19-7-2)23-35-22-21-26(29(33)34)30(3,4)5/h25-26H,6-24H2,1-5H3/p+1. The second kappa shape index (κ2) is 22.3. The van der Waals surface area contributed by atoms with Crippen LogP contribution in [0.5, 0.6) is 0 Å². The molecule has 0 radical (unpaired) electrons. The van der Waals surface area contributed by atoms with E-state index >= 15 is 0 Å². The third-order valence-corrected chi connectivity index (χ3v) is 6.48. The Hall–Kier alpha value is -1.67. The van der Waals surface area contributed by atoms with Crippen molar-refractivity contribution in [3.05, 3.63) is 0 Å². The second-order valence-electron chi connectivity index (χ2n) is 11.0. The third-order valence-electron chi connectivity index (χ3n) is 6.48. The van der Waals surface area contributed by atoms with Crippen LogP contribution in [0.3, 0.4) is 0 Å². The molecule has 2 unspecified atom stereocenters. The molecule has 0 fully saturated rings. The monoisotopic (exact) mass is 530 g/mol. The van der Waals surface area contributed by atoms with E-state index in [9.17, 15) is 19.5 Å². The van der Waals surface area contributed by atoms with Crippen molar-refractivity contribution in [1.29, 1.82) is 0 Å². The van der Waals surface area contributed by atoms with Crippen molar-refractivity contribution in [3.63, 3.8) is 0 Å². The van der Waals surface area contributed by atoms with E-state index in [-0.39, 0.29) is 36.2 Å². The Balaban J connectivity index is 4.25. The maximum atomic E-state index is 12.4. The lowest BCUT2D eigenvalue weighted by atomic mass is 10.0. The van der Waals surface area contributed by atoms with Gasteiger partial charge in [0, 0.05) is 19.3 Å². The summed E-state index contributed by atoms with van der Waals surface area (Å²) in [6, 6.07) is -0.603. The average Bonchev–Trinajstić information content (AvgIpc) is 2.82. The van der Waals surface area contributed by atoms with Crippen LogP contribution in [0.25, 0.3) is 0 Å². The average molecular weight is 531 g/mol. The summed E-state index contributed by atoms with van der Waals surface area (Å²) in [6.45, 7) is 4.35. The lowest BCUT2D eigenvalue weighted by molar-refractivity contribution is -0.887. The molecule has 2 atom stereocenters. The molecule has 0 rings (SSSR count). The zero-order valence-electron chi connectivity index (χ0n) is 24.4. The minimum atomic E-state index is -0.880. The highest BCUT2D eigenvalue weighted by molar-refractivity contribution is 5.72. The van der Waals surface area contributed by atoms with Crippen LogP contribution in [0.1, 0.15) is 117 Å². The van der Waals surface area contributed by atoms with Crippen LogP contribution >= 0.6 is 0 Å². The molecule has 0 saturated heterocycles. The minimum absolute atomic E-state index is 0.0549. The Bertz CT molecular complexity index is 604. The number of hydrogen-bond donors (Lipinski definition) is 1. The number of nitrogens with zero attached hydrogens (tertiary/aromatic N) is 1. The highest BCUT2D eigenvalue weighted by Gasteiger charge is 2.31. The largest absolute Gasteiger partial charge is 0.477 e. The topological polar surface area (TPSA) is 99.1 Å². The highest BCUT2D eigenvalue weighted by Crippen LogP contribution is 2.13. The number of aliphatic carboxylic acids is 1. The molecule has 0 bridgehead atoms. The number of unbranched alkanes of at least 4 members (excludes halogenated alkanes) is 11. The molecular weight excluding hydrogens is 474 g/mol. The van der Waals surface area contributed by atoms with E-state index in [1.807, 2.05) is 28.1 Å². The number of carbonyl (C=O) groups is 3. The summed E-state index contributed by atoms with van der Waals surface area (Å²) < 4.78 is 16.7. The maximum Gasteiger partial charge on any atom is 0.362 e. The molecule has 37 heavy (non-hydrogen) atoms. The fourth-order valence-corrected chi connectivity index (χ4v) is 4.19. The van der Waals surface area contributed by atoms with Gasteiger partial charge in [0.1, 0.15) is 6.61 Å². The predicted octanol–water partition coefficient (Wildman–Crippen LogP) is 5.90. The number of hydrogen-bond acceptors (Lipinski definition) is 6. The van der Waals surface area contributed by atoms with Gasteiger partial charge in [0.25, 0.3) is 0 Å². The molecule has 0 aliphatic rings. The zero-order valence-corrected chi connectivity index (χ0v) is 24.4. The van der Waals surface area contributed by atoms with E-state index < -0.39 is 18.1 Å². The van der Waals surface area contributed by atoms with Gasteiger partial charge in [0.05, 0.1) is 34.4 Å². The molecule has 0 aliphatic heterocycles. The summed E-state index contributed by atoms with van der Waals surface area (Å²) in [5.74, 6) is -1.53. The van der Waals surface area contributed by atoms with E-state index in [2.05, 4.69) is 6.92 Å². The molecule has 0 saturated carbocycles. The lowest BCUT2D eigenvalue weighted by Gasteiger charge is -2.31. The number of carbonyl (C=O) groups excluding carboxylic acids is 2. The second-order valence-corrected chi connectivity index (χ2v) is 11.0. The van der Waals surface area contributed by atoms with Crippen LogP contribution in [0.2, 0.25) is 0 Å².